The van der Waals surface area contributed by atoms with Crippen molar-refractivity contribution in [2.75, 3.05) is 13.1 Å². The van der Waals surface area contributed by atoms with Crippen LogP contribution in [0.5, 0.6) is 11.6 Å². The number of aryl methyl sites for hydroxylation is 3. The average molecular weight is 770 g/mol. The lowest BCUT2D eigenvalue weighted by Gasteiger charge is -2.18. The Bertz CT molecular complexity index is 2600. The van der Waals surface area contributed by atoms with E-state index in [2.05, 4.69) is 27.6 Å². The predicted octanol–water partition coefficient (Wildman–Crippen LogP) is 9.15. The van der Waals surface area contributed by atoms with Crippen molar-refractivity contribution in [3.05, 3.63) is 200 Å². The normalized spacial score (nSPS) is 12.6. The lowest BCUT2D eigenvalue weighted by molar-refractivity contribution is 0.438. The first-order valence-corrected chi connectivity index (χ1v) is 19.8. The number of benzene rings is 5. The number of nitrogens with zero attached hydrogens (tertiary/aromatic N) is 4. The molecule has 0 saturated carbocycles. The van der Waals surface area contributed by atoms with Crippen molar-refractivity contribution in [2.45, 2.75) is 46.0 Å². The number of nitrogens with one attached hydrogen (secondary N) is 3. The molecular formula is C48H47N7O3. The topological polar surface area (TPSA) is 115 Å². The Labute approximate surface area is 337 Å². The second kappa shape index (κ2) is 17.1. The molecule has 3 N–H and O–H groups in total. The molecule has 8 aromatic rings. The molecule has 0 unspecified atom stereocenters. The highest BCUT2D eigenvalue weighted by atomic mass is 16.5. The number of ether oxygens (including phenoxy) is 1. The summed E-state index contributed by atoms with van der Waals surface area (Å²) < 4.78 is 11.6. The van der Waals surface area contributed by atoms with Gasteiger partial charge in [0.05, 0.1) is 45.4 Å². The summed E-state index contributed by atoms with van der Waals surface area (Å²) in [6.07, 6.45) is 4.22. The van der Waals surface area contributed by atoms with Crippen LogP contribution in [0.4, 0.5) is 0 Å². The van der Waals surface area contributed by atoms with E-state index in [1.165, 1.54) is 41.7 Å². The van der Waals surface area contributed by atoms with E-state index in [1.807, 2.05) is 154 Å². The largest absolute Gasteiger partial charge is 0.439 e. The molecule has 1 saturated heterocycles. The van der Waals surface area contributed by atoms with Gasteiger partial charge in [-0.25, -0.2) is 14.0 Å². The highest BCUT2D eigenvalue weighted by Crippen LogP contribution is 2.42. The Hall–Kier alpha value is -6.91. The SMILES string of the molecule is C1CCNCC1.Cc1nn(-c2ccccc2)c(Oc2ccc(-c3ccccc3)cc2)c1C(c1c(C)[nH]n(-c2ccccc2)c1=O)c1c(C)[nH]n(-c2ccccc2)c1=O. The highest BCUT2D eigenvalue weighted by Gasteiger charge is 2.37. The number of aromatic amines is 2. The third-order valence-electron chi connectivity index (χ3n) is 10.6. The molecule has 0 atom stereocenters. The molecule has 1 aliphatic rings. The van der Waals surface area contributed by atoms with E-state index < -0.39 is 5.92 Å². The Morgan fingerprint density at radius 3 is 1.43 bits per heavy atom. The summed E-state index contributed by atoms with van der Waals surface area (Å²) in [5, 5.41) is 14.9. The first kappa shape index (κ1) is 38.0. The summed E-state index contributed by atoms with van der Waals surface area (Å²) in [5.41, 5.74) is 7.03. The third-order valence-corrected chi connectivity index (χ3v) is 10.6. The van der Waals surface area contributed by atoms with Crippen LogP contribution in [0, 0.1) is 20.8 Å². The molecule has 4 heterocycles. The Kier molecular flexibility index (Phi) is 11.2. The number of para-hydroxylation sites is 3. The van der Waals surface area contributed by atoms with Gasteiger partial charge in [-0.15, -0.1) is 0 Å². The van der Waals surface area contributed by atoms with Gasteiger partial charge in [0.1, 0.15) is 5.75 Å². The first-order chi connectivity index (χ1) is 28.4. The van der Waals surface area contributed by atoms with Gasteiger partial charge >= 0.3 is 0 Å². The zero-order valence-corrected chi connectivity index (χ0v) is 33.0. The van der Waals surface area contributed by atoms with Gasteiger partial charge in [0.15, 0.2) is 0 Å². The van der Waals surface area contributed by atoms with E-state index in [9.17, 15) is 9.59 Å². The molecule has 1 aliphatic heterocycles. The second-order valence-electron chi connectivity index (χ2n) is 14.5. The van der Waals surface area contributed by atoms with E-state index in [-0.39, 0.29) is 11.1 Å². The maximum Gasteiger partial charge on any atom is 0.275 e. The molecule has 10 heteroatoms. The number of hydrogen-bond acceptors (Lipinski definition) is 5. The first-order valence-electron chi connectivity index (χ1n) is 19.8. The molecule has 5 aromatic carbocycles. The minimum absolute atomic E-state index is 0.273. The van der Waals surface area contributed by atoms with Crippen molar-refractivity contribution >= 4 is 0 Å². The molecule has 0 aliphatic carbocycles. The molecule has 0 radical (unpaired) electrons. The number of aromatic nitrogens is 6. The lowest BCUT2D eigenvalue weighted by Crippen LogP contribution is -2.26. The van der Waals surface area contributed by atoms with Crippen LogP contribution in [-0.2, 0) is 0 Å². The molecule has 58 heavy (non-hydrogen) atoms. The minimum atomic E-state index is -0.863. The van der Waals surface area contributed by atoms with E-state index in [0.29, 0.717) is 56.8 Å². The van der Waals surface area contributed by atoms with Gasteiger partial charge in [-0.2, -0.15) is 5.10 Å². The predicted molar refractivity (Wildman–Crippen MR) is 230 cm³/mol. The van der Waals surface area contributed by atoms with Gasteiger partial charge in [0.2, 0.25) is 5.88 Å². The van der Waals surface area contributed by atoms with Crippen molar-refractivity contribution in [2.24, 2.45) is 0 Å². The maximum absolute atomic E-state index is 14.7. The third kappa shape index (κ3) is 7.74. The summed E-state index contributed by atoms with van der Waals surface area (Å²) in [6, 6.07) is 46.5. The van der Waals surface area contributed by atoms with Crippen LogP contribution in [-0.4, -0.2) is 42.4 Å². The lowest BCUT2D eigenvalue weighted by atomic mass is 9.85. The number of rotatable bonds is 9. The van der Waals surface area contributed by atoms with Crippen LogP contribution in [0.15, 0.2) is 155 Å². The fourth-order valence-corrected chi connectivity index (χ4v) is 7.70. The van der Waals surface area contributed by atoms with Crippen molar-refractivity contribution in [3.63, 3.8) is 0 Å². The summed E-state index contributed by atoms with van der Waals surface area (Å²) >= 11 is 0. The Morgan fingerprint density at radius 2 is 0.983 bits per heavy atom. The molecule has 0 bridgehead atoms. The monoisotopic (exact) mass is 769 g/mol. The molecular weight excluding hydrogens is 723 g/mol. The molecule has 10 nitrogen and oxygen atoms in total. The van der Waals surface area contributed by atoms with Crippen molar-refractivity contribution in [1.82, 2.24) is 34.7 Å². The van der Waals surface area contributed by atoms with Gasteiger partial charge < -0.3 is 10.1 Å². The fraction of sp³-hybridized carbons (Fsp3) is 0.188. The Morgan fingerprint density at radius 1 is 0.534 bits per heavy atom. The number of H-pyrrole nitrogens is 2. The van der Waals surface area contributed by atoms with Crippen LogP contribution in [0.1, 0.15) is 59.0 Å². The summed E-state index contributed by atoms with van der Waals surface area (Å²) in [7, 11) is 0. The van der Waals surface area contributed by atoms with Gasteiger partial charge in [-0.1, -0.05) is 103 Å². The van der Waals surface area contributed by atoms with Crippen molar-refractivity contribution in [3.8, 4) is 39.8 Å². The standard InChI is InChI=1S/C43H36N6O3.C5H11N/c1-28-37(41(50)47(44-28)33-18-10-5-11-19-33)40(38-29(2)45-48(42(38)51)34-20-12-6-13-21-34)39-30(3)46-49(35-22-14-7-15-23-35)43(39)52-36-26-24-32(25-27-36)31-16-8-4-9-17-31;1-2-4-6-5-3-1/h4-27,40,44-45H,1-3H3;6H,1-5H2. The molecule has 0 spiro atoms. The van der Waals surface area contributed by atoms with Crippen LogP contribution < -0.4 is 21.2 Å². The molecule has 292 valence electrons. The quantitative estimate of drug-likeness (QED) is 0.136. The van der Waals surface area contributed by atoms with Crippen LogP contribution in [0.2, 0.25) is 0 Å². The second-order valence-corrected chi connectivity index (χ2v) is 14.5. The molecule has 1 fully saturated rings. The van der Waals surface area contributed by atoms with Crippen molar-refractivity contribution < 1.29 is 4.74 Å². The van der Waals surface area contributed by atoms with Crippen molar-refractivity contribution in [1.29, 1.82) is 0 Å². The number of piperidine rings is 1. The van der Waals surface area contributed by atoms with E-state index >= 15 is 0 Å². The van der Waals surface area contributed by atoms with Crippen LogP contribution in [0.3, 0.4) is 0 Å². The van der Waals surface area contributed by atoms with E-state index in [4.69, 9.17) is 9.84 Å². The number of hydrogen-bond donors (Lipinski definition) is 3. The zero-order valence-electron chi connectivity index (χ0n) is 33.0. The Balaban J connectivity index is 0.000000719. The van der Waals surface area contributed by atoms with Gasteiger partial charge in [-0.3, -0.25) is 19.8 Å². The molecule has 9 rings (SSSR count). The van der Waals surface area contributed by atoms with Gasteiger partial charge in [0, 0.05) is 11.4 Å². The summed E-state index contributed by atoms with van der Waals surface area (Å²) in [5.74, 6) is 0.119. The molecule has 3 aromatic heterocycles. The minimum Gasteiger partial charge on any atom is -0.439 e. The van der Waals surface area contributed by atoms with Gasteiger partial charge in [-0.05, 0) is 106 Å². The highest BCUT2D eigenvalue weighted by molar-refractivity contribution is 5.64. The summed E-state index contributed by atoms with van der Waals surface area (Å²) in [6.45, 7) is 8.11. The summed E-state index contributed by atoms with van der Waals surface area (Å²) in [4.78, 5) is 29.3. The fourth-order valence-electron chi connectivity index (χ4n) is 7.70. The maximum atomic E-state index is 14.7. The van der Waals surface area contributed by atoms with Crippen LogP contribution in [0.25, 0.3) is 28.2 Å². The zero-order chi connectivity index (χ0) is 40.0. The van der Waals surface area contributed by atoms with Gasteiger partial charge in [0.25, 0.3) is 11.1 Å². The van der Waals surface area contributed by atoms with Crippen LogP contribution >= 0.6 is 0 Å². The smallest absolute Gasteiger partial charge is 0.275 e. The van der Waals surface area contributed by atoms with E-state index in [1.54, 1.807) is 4.68 Å². The average Bonchev–Trinajstić information content (AvgIpc) is 3.88. The molecule has 0 amide bonds. The van der Waals surface area contributed by atoms with E-state index in [0.717, 1.165) is 16.8 Å².